The van der Waals surface area contributed by atoms with Gasteiger partial charge in [0.25, 0.3) is 0 Å². The summed E-state index contributed by atoms with van der Waals surface area (Å²) >= 11 is 0. The highest BCUT2D eigenvalue weighted by molar-refractivity contribution is 5.55. The van der Waals surface area contributed by atoms with E-state index in [0.29, 0.717) is 23.2 Å². The van der Waals surface area contributed by atoms with Crippen molar-refractivity contribution in [2.75, 3.05) is 24.5 Å². The lowest BCUT2D eigenvalue weighted by Gasteiger charge is -2.66. The van der Waals surface area contributed by atoms with Crippen molar-refractivity contribution in [3.8, 4) is 5.75 Å². The molecule has 1 aromatic heterocycles. The minimum atomic E-state index is 0.249. The Kier molecular flexibility index (Phi) is 3.49. The maximum absolute atomic E-state index is 10.6. The van der Waals surface area contributed by atoms with E-state index in [4.69, 9.17) is 0 Å². The lowest BCUT2D eigenvalue weighted by molar-refractivity contribution is -0.0920. The van der Waals surface area contributed by atoms with Crippen molar-refractivity contribution < 1.29 is 5.11 Å². The summed E-state index contributed by atoms with van der Waals surface area (Å²) < 4.78 is 0. The van der Waals surface area contributed by atoms with E-state index in [1.54, 1.807) is 0 Å². The van der Waals surface area contributed by atoms with Gasteiger partial charge in [0.1, 0.15) is 5.75 Å². The highest BCUT2D eigenvalue weighted by atomic mass is 16.3. The third kappa shape index (κ3) is 2.11. The molecule has 2 aromatic rings. The Morgan fingerprint density at radius 3 is 2.78 bits per heavy atom. The van der Waals surface area contributed by atoms with Gasteiger partial charge in [0, 0.05) is 48.7 Å². The summed E-state index contributed by atoms with van der Waals surface area (Å²) in [5.41, 5.74) is 5.09. The molecule has 4 nitrogen and oxygen atoms in total. The first-order chi connectivity index (χ1) is 15.7. The van der Waals surface area contributed by atoms with Crippen molar-refractivity contribution in [1.82, 2.24) is 9.88 Å². The van der Waals surface area contributed by atoms with Crippen LogP contribution >= 0.6 is 0 Å². The lowest BCUT2D eigenvalue weighted by Crippen LogP contribution is -2.69. The minimum Gasteiger partial charge on any atom is -0.508 e. The van der Waals surface area contributed by atoms with Gasteiger partial charge in [0.05, 0.1) is 0 Å². The van der Waals surface area contributed by atoms with Crippen LogP contribution in [0.15, 0.2) is 42.7 Å². The van der Waals surface area contributed by atoms with Crippen molar-refractivity contribution in [3.05, 3.63) is 53.9 Å². The van der Waals surface area contributed by atoms with Crippen molar-refractivity contribution >= 4 is 5.69 Å². The number of hydrogen-bond donors (Lipinski definition) is 1. The molecule has 1 aromatic carbocycles. The van der Waals surface area contributed by atoms with Crippen LogP contribution in [0.1, 0.15) is 49.7 Å². The maximum Gasteiger partial charge on any atom is 0.115 e. The molecule has 5 unspecified atom stereocenters. The normalized spacial score (nSPS) is 41.4. The molecule has 5 fully saturated rings. The maximum atomic E-state index is 10.6. The standard InChI is InChI=1S/C28H33N3O/c32-22-4-3-19-13-25-27-8-5-24-26(20(15-27)17-31(24)21-6-10-29-11-7-21)28(27,23(19)14-22)9-12-30(25)16-18-1-2-18/h3-4,6-7,10-11,14,18,20,24-26,32H,1-2,5,8-9,12-13,15-17H2/t20-,24?,25?,26?,27?,28?/m1/s1. The molecule has 32 heavy (non-hydrogen) atoms. The molecule has 4 aliphatic carbocycles. The fraction of sp³-hybridized carbons (Fsp3) is 0.607. The summed E-state index contributed by atoms with van der Waals surface area (Å²) in [5, 5.41) is 10.6. The molecule has 2 saturated heterocycles. The molecule has 166 valence electrons. The van der Waals surface area contributed by atoms with Crippen LogP contribution < -0.4 is 4.90 Å². The first kappa shape index (κ1) is 18.4. The molecule has 1 N–H and O–H groups in total. The minimum absolute atomic E-state index is 0.249. The van der Waals surface area contributed by atoms with Gasteiger partial charge in [-0.25, -0.2) is 0 Å². The zero-order valence-corrected chi connectivity index (χ0v) is 18.8. The predicted octanol–water partition coefficient (Wildman–Crippen LogP) is 4.37. The quantitative estimate of drug-likeness (QED) is 0.790. The topological polar surface area (TPSA) is 39.6 Å². The Morgan fingerprint density at radius 2 is 1.94 bits per heavy atom. The first-order valence-electron chi connectivity index (χ1n) is 12.9. The molecule has 3 heterocycles. The second kappa shape index (κ2) is 6.08. The van der Waals surface area contributed by atoms with Crippen molar-refractivity contribution in [3.63, 3.8) is 0 Å². The van der Waals surface area contributed by atoms with Crippen LogP contribution in [0, 0.1) is 23.2 Å². The number of aromatic hydroxyl groups is 1. The number of phenolic OH excluding ortho intramolecular Hbond substituents is 1. The van der Waals surface area contributed by atoms with Crippen LogP contribution in [-0.4, -0.2) is 46.7 Å². The summed E-state index contributed by atoms with van der Waals surface area (Å²) in [6.07, 6.45) is 13.3. The van der Waals surface area contributed by atoms with Crippen LogP contribution in [0.2, 0.25) is 0 Å². The largest absolute Gasteiger partial charge is 0.508 e. The molecule has 2 aliphatic heterocycles. The zero-order valence-electron chi connectivity index (χ0n) is 18.8. The molecular formula is C28H33N3O. The molecule has 0 amide bonds. The van der Waals surface area contributed by atoms with Gasteiger partial charge in [-0.3, -0.25) is 9.88 Å². The highest BCUT2D eigenvalue weighted by Gasteiger charge is 2.76. The van der Waals surface area contributed by atoms with Crippen molar-refractivity contribution in [2.24, 2.45) is 23.2 Å². The zero-order chi connectivity index (χ0) is 21.1. The molecule has 3 saturated carbocycles. The monoisotopic (exact) mass is 427 g/mol. The van der Waals surface area contributed by atoms with Gasteiger partial charge >= 0.3 is 0 Å². The number of fused-ring (bicyclic) bond motifs is 1. The number of likely N-dealkylation sites (tertiary alicyclic amines) is 1. The molecular weight excluding hydrogens is 394 g/mol. The van der Waals surface area contributed by atoms with Gasteiger partial charge in [-0.05, 0) is 110 Å². The van der Waals surface area contributed by atoms with Crippen LogP contribution in [0.5, 0.6) is 5.75 Å². The summed E-state index contributed by atoms with van der Waals surface area (Å²) in [5.74, 6) is 2.91. The smallest absolute Gasteiger partial charge is 0.115 e. The second-order valence-electron chi connectivity index (χ2n) is 11.8. The Hall–Kier alpha value is -2.07. The molecule has 4 heteroatoms. The molecule has 4 bridgehead atoms. The number of hydrogen-bond acceptors (Lipinski definition) is 4. The number of pyridine rings is 1. The number of phenols is 1. The van der Waals surface area contributed by atoms with Gasteiger partial charge in [-0.1, -0.05) is 6.07 Å². The van der Waals surface area contributed by atoms with Gasteiger partial charge < -0.3 is 10.0 Å². The summed E-state index contributed by atoms with van der Waals surface area (Å²) in [6, 6.07) is 12.2. The van der Waals surface area contributed by atoms with Crippen LogP contribution in [0.3, 0.4) is 0 Å². The van der Waals surface area contributed by atoms with Gasteiger partial charge in [0.2, 0.25) is 0 Å². The molecule has 6 atom stereocenters. The first-order valence-corrected chi connectivity index (χ1v) is 12.9. The number of anilines is 1. The van der Waals surface area contributed by atoms with E-state index in [0.717, 1.165) is 17.8 Å². The number of aromatic nitrogens is 1. The second-order valence-corrected chi connectivity index (χ2v) is 11.8. The fourth-order valence-corrected chi connectivity index (χ4v) is 9.78. The Labute approximate surface area is 190 Å². The van der Waals surface area contributed by atoms with Crippen LogP contribution in [-0.2, 0) is 11.8 Å². The fourth-order valence-electron chi connectivity index (χ4n) is 9.78. The third-order valence-corrected chi connectivity index (χ3v) is 10.8. The summed E-state index contributed by atoms with van der Waals surface area (Å²) in [6.45, 7) is 3.79. The van der Waals surface area contributed by atoms with E-state index >= 15 is 0 Å². The number of piperidine rings is 1. The number of nitrogens with zero attached hydrogens (tertiary/aromatic N) is 3. The van der Waals surface area contributed by atoms with E-state index in [1.807, 2.05) is 18.5 Å². The van der Waals surface area contributed by atoms with E-state index in [1.165, 1.54) is 81.4 Å². The third-order valence-electron chi connectivity index (χ3n) is 10.8. The van der Waals surface area contributed by atoms with Gasteiger partial charge in [-0.15, -0.1) is 0 Å². The van der Waals surface area contributed by atoms with E-state index in [2.05, 4.69) is 39.0 Å². The molecule has 0 spiro atoms. The number of rotatable bonds is 3. The average Bonchev–Trinajstić information content (AvgIpc) is 3.50. The summed E-state index contributed by atoms with van der Waals surface area (Å²) in [4.78, 5) is 9.95. The van der Waals surface area contributed by atoms with Crippen molar-refractivity contribution in [1.29, 1.82) is 0 Å². The Bertz CT molecular complexity index is 1080. The van der Waals surface area contributed by atoms with E-state index < -0.39 is 0 Å². The Morgan fingerprint density at radius 1 is 1.06 bits per heavy atom. The van der Waals surface area contributed by atoms with E-state index in [-0.39, 0.29) is 5.41 Å². The van der Waals surface area contributed by atoms with Crippen LogP contribution in [0.4, 0.5) is 5.69 Å². The van der Waals surface area contributed by atoms with E-state index in [9.17, 15) is 5.11 Å². The molecule has 6 aliphatic rings. The number of benzene rings is 1. The van der Waals surface area contributed by atoms with Gasteiger partial charge in [-0.2, -0.15) is 0 Å². The SMILES string of the molecule is Oc1ccc2c(c1)C13CCN(CC4CC4)C(C2)C12CCC1C3[C@@H](CN1c1ccncc1)C2. The molecule has 8 rings (SSSR count). The van der Waals surface area contributed by atoms with Crippen molar-refractivity contribution in [2.45, 2.75) is 62.4 Å². The Balaban J connectivity index is 1.29. The predicted molar refractivity (Wildman–Crippen MR) is 125 cm³/mol. The highest BCUT2D eigenvalue weighted by Crippen LogP contribution is 2.75. The molecule has 0 radical (unpaired) electrons. The summed E-state index contributed by atoms with van der Waals surface area (Å²) in [7, 11) is 0. The average molecular weight is 428 g/mol. The van der Waals surface area contributed by atoms with Gasteiger partial charge in [0.15, 0.2) is 0 Å². The lowest BCUT2D eigenvalue weighted by atomic mass is 9.43. The van der Waals surface area contributed by atoms with Crippen LogP contribution in [0.25, 0.3) is 0 Å².